The summed E-state index contributed by atoms with van der Waals surface area (Å²) in [6.45, 7) is 8.90. The zero-order chi connectivity index (χ0) is 28.5. The van der Waals surface area contributed by atoms with Gasteiger partial charge in [-0.3, -0.25) is 4.79 Å². The van der Waals surface area contributed by atoms with Crippen LogP contribution in [0, 0.1) is 0 Å². The lowest BCUT2D eigenvalue weighted by molar-refractivity contribution is 0.102. The second-order valence-electron chi connectivity index (χ2n) is 10.0. The summed E-state index contributed by atoms with van der Waals surface area (Å²) in [5, 5.41) is 13.9. The minimum Gasteiger partial charge on any atom is -0.355 e. The van der Waals surface area contributed by atoms with Gasteiger partial charge in [0.1, 0.15) is 21.5 Å². The molecular formula is C31H39N7OS. The quantitative estimate of drug-likeness (QED) is 0.198. The first-order valence-electron chi connectivity index (χ1n) is 14.0. The van der Waals surface area contributed by atoms with E-state index in [-0.39, 0.29) is 5.91 Å². The molecule has 0 saturated carbocycles. The summed E-state index contributed by atoms with van der Waals surface area (Å²) in [7, 11) is 4.10. The minimum atomic E-state index is -0.292. The molecule has 0 radical (unpaired) electrons. The van der Waals surface area contributed by atoms with Gasteiger partial charge in [-0.1, -0.05) is 74.1 Å². The second-order valence-corrected chi connectivity index (χ2v) is 11.0. The number of carbonyl (C=O) groups is 1. The molecule has 9 heteroatoms. The number of nitrogens with zero attached hydrogens (tertiary/aromatic N) is 6. The van der Waals surface area contributed by atoms with Crippen LogP contribution in [-0.4, -0.2) is 64.7 Å². The van der Waals surface area contributed by atoms with E-state index in [9.17, 15) is 4.79 Å². The molecule has 0 spiro atoms. The van der Waals surface area contributed by atoms with Crippen LogP contribution in [0.1, 0.15) is 61.4 Å². The third-order valence-corrected chi connectivity index (χ3v) is 7.94. The molecule has 210 valence electrons. The van der Waals surface area contributed by atoms with Gasteiger partial charge in [0.05, 0.1) is 5.69 Å². The Kier molecular flexibility index (Phi) is 10.3. The Balaban J connectivity index is 1.67. The Labute approximate surface area is 241 Å². The average molecular weight is 558 g/mol. The zero-order valence-corrected chi connectivity index (χ0v) is 24.9. The number of likely N-dealkylation sites (N-methyl/N-ethyl adjacent to an activating group) is 2. The van der Waals surface area contributed by atoms with E-state index in [0.29, 0.717) is 23.1 Å². The van der Waals surface area contributed by atoms with Crippen LogP contribution in [-0.2, 0) is 0 Å². The fourth-order valence-electron chi connectivity index (χ4n) is 4.51. The third-order valence-electron chi connectivity index (χ3n) is 6.83. The Morgan fingerprint density at radius 1 is 0.950 bits per heavy atom. The maximum atomic E-state index is 13.7. The minimum absolute atomic E-state index is 0.292. The molecule has 0 saturated heterocycles. The van der Waals surface area contributed by atoms with Crippen LogP contribution in [0.3, 0.4) is 0 Å². The maximum absolute atomic E-state index is 13.7. The van der Waals surface area contributed by atoms with Crippen molar-refractivity contribution in [3.05, 3.63) is 71.4 Å². The van der Waals surface area contributed by atoms with Crippen molar-refractivity contribution in [2.45, 2.75) is 46.0 Å². The van der Waals surface area contributed by atoms with Crippen molar-refractivity contribution in [3.8, 4) is 22.0 Å². The number of hydrogen-bond acceptors (Lipinski definition) is 8. The van der Waals surface area contributed by atoms with Crippen LogP contribution < -0.4 is 10.2 Å². The molecule has 8 nitrogen and oxygen atoms in total. The van der Waals surface area contributed by atoms with E-state index in [4.69, 9.17) is 4.98 Å². The molecule has 1 unspecified atom stereocenters. The van der Waals surface area contributed by atoms with Crippen molar-refractivity contribution in [2.75, 3.05) is 43.9 Å². The van der Waals surface area contributed by atoms with Crippen molar-refractivity contribution < 1.29 is 4.79 Å². The number of rotatable bonds is 13. The third kappa shape index (κ3) is 7.28. The summed E-state index contributed by atoms with van der Waals surface area (Å²) in [6, 6.07) is 19.3. The first-order chi connectivity index (χ1) is 19.4. The van der Waals surface area contributed by atoms with Crippen LogP contribution in [0.4, 0.5) is 11.5 Å². The first kappa shape index (κ1) is 29.3. The summed E-state index contributed by atoms with van der Waals surface area (Å²) >= 11 is 1.60. The summed E-state index contributed by atoms with van der Waals surface area (Å²) in [4.78, 5) is 27.5. The van der Waals surface area contributed by atoms with Gasteiger partial charge in [-0.2, -0.15) is 0 Å². The van der Waals surface area contributed by atoms with E-state index in [2.05, 4.69) is 51.1 Å². The van der Waals surface area contributed by atoms with Gasteiger partial charge in [-0.05, 0) is 46.0 Å². The van der Waals surface area contributed by atoms with E-state index < -0.39 is 0 Å². The zero-order valence-electron chi connectivity index (χ0n) is 24.1. The molecule has 4 rings (SSSR count). The lowest BCUT2D eigenvalue weighted by Gasteiger charge is -2.24. The summed E-state index contributed by atoms with van der Waals surface area (Å²) in [6.07, 6.45) is 3.23. The molecule has 4 aromatic rings. The van der Waals surface area contributed by atoms with Crippen LogP contribution in [0.5, 0.6) is 0 Å². The highest BCUT2D eigenvalue weighted by molar-refractivity contribution is 7.14. The Bertz CT molecular complexity index is 1390. The number of amides is 1. The monoisotopic (exact) mass is 557 g/mol. The van der Waals surface area contributed by atoms with Crippen molar-refractivity contribution in [1.82, 2.24) is 25.1 Å². The summed E-state index contributed by atoms with van der Waals surface area (Å²) < 4.78 is 0. The largest absolute Gasteiger partial charge is 0.355 e. The predicted octanol–water partition coefficient (Wildman–Crippen LogP) is 6.60. The number of nitrogens with one attached hydrogen (secondary N) is 1. The number of benzene rings is 2. The molecule has 0 bridgehead atoms. The number of aromatic nitrogens is 4. The van der Waals surface area contributed by atoms with Gasteiger partial charge < -0.3 is 15.1 Å². The van der Waals surface area contributed by atoms with Gasteiger partial charge in [0, 0.05) is 42.7 Å². The Hall–Kier alpha value is -3.69. The van der Waals surface area contributed by atoms with Crippen molar-refractivity contribution >= 4 is 28.7 Å². The molecule has 0 aliphatic heterocycles. The summed E-state index contributed by atoms with van der Waals surface area (Å²) in [5.74, 6) is 1.36. The molecule has 2 aromatic carbocycles. The molecule has 0 aliphatic carbocycles. The molecule has 0 fully saturated rings. The fourth-order valence-corrected chi connectivity index (χ4v) is 5.61. The van der Waals surface area contributed by atoms with Gasteiger partial charge in [-0.15, -0.1) is 10.2 Å². The topological polar surface area (TPSA) is 87.1 Å². The highest BCUT2D eigenvalue weighted by Crippen LogP contribution is 2.35. The highest BCUT2D eigenvalue weighted by atomic mass is 32.1. The van der Waals surface area contributed by atoms with Crippen LogP contribution in [0.15, 0.2) is 60.7 Å². The van der Waals surface area contributed by atoms with Gasteiger partial charge in [0.25, 0.3) is 5.91 Å². The number of hydrogen-bond donors (Lipinski definition) is 1. The molecule has 0 aliphatic rings. The van der Waals surface area contributed by atoms with Gasteiger partial charge >= 0.3 is 0 Å². The van der Waals surface area contributed by atoms with Crippen molar-refractivity contribution in [3.63, 3.8) is 0 Å². The average Bonchev–Trinajstić information content (AvgIpc) is 3.46. The predicted molar refractivity (Wildman–Crippen MR) is 165 cm³/mol. The number of para-hydroxylation sites is 1. The van der Waals surface area contributed by atoms with Crippen LogP contribution in [0.25, 0.3) is 22.0 Å². The number of carbonyl (C=O) groups excluding carboxylic acids is 1. The standard InChI is InChI=1S/C31H39N7OS/c1-6-14-22(7-2)30-35-36-31(40-30)24-17-12-13-18-25(24)33-29(39)26-21-27(38(8-3)20-19-37(4)5)34-28(32-26)23-15-10-9-11-16-23/h9-13,15-18,21-22H,6-8,14,19-20H2,1-5H3,(H,33,39). The van der Waals surface area contributed by atoms with Gasteiger partial charge in [0.2, 0.25) is 0 Å². The van der Waals surface area contributed by atoms with Crippen molar-refractivity contribution in [2.24, 2.45) is 0 Å². The molecule has 1 amide bonds. The SMILES string of the molecule is CCCC(CC)c1nnc(-c2ccccc2NC(=O)c2cc(N(CC)CCN(C)C)nc(-c3ccccc3)n2)s1. The molecule has 1 atom stereocenters. The molecule has 2 heterocycles. The number of anilines is 2. The molecule has 2 aromatic heterocycles. The molecule has 40 heavy (non-hydrogen) atoms. The molecule has 1 N–H and O–H groups in total. The Morgan fingerprint density at radius 3 is 2.40 bits per heavy atom. The second kappa shape index (κ2) is 14.1. The van der Waals surface area contributed by atoms with Gasteiger partial charge in [0.15, 0.2) is 5.82 Å². The van der Waals surface area contributed by atoms with E-state index in [1.807, 2.05) is 68.7 Å². The van der Waals surface area contributed by atoms with Crippen molar-refractivity contribution in [1.29, 1.82) is 0 Å². The van der Waals surface area contributed by atoms with Crippen LogP contribution in [0.2, 0.25) is 0 Å². The smallest absolute Gasteiger partial charge is 0.274 e. The normalized spacial score (nSPS) is 11.9. The van der Waals surface area contributed by atoms with E-state index >= 15 is 0 Å². The first-order valence-corrected chi connectivity index (χ1v) is 14.8. The highest BCUT2D eigenvalue weighted by Gasteiger charge is 2.20. The van der Waals surface area contributed by atoms with E-state index in [1.165, 1.54) is 0 Å². The maximum Gasteiger partial charge on any atom is 0.274 e. The fraction of sp³-hybridized carbons (Fsp3) is 0.387. The summed E-state index contributed by atoms with van der Waals surface area (Å²) in [5.41, 5.74) is 2.71. The lowest BCUT2D eigenvalue weighted by atomic mass is 10.0. The van der Waals surface area contributed by atoms with Gasteiger partial charge in [-0.25, -0.2) is 9.97 Å². The van der Waals surface area contributed by atoms with E-state index in [0.717, 1.165) is 65.9 Å². The van der Waals surface area contributed by atoms with Crippen LogP contribution >= 0.6 is 11.3 Å². The molecular weight excluding hydrogens is 518 g/mol. The van der Waals surface area contributed by atoms with E-state index in [1.54, 1.807) is 17.4 Å². The lowest BCUT2D eigenvalue weighted by Crippen LogP contribution is -2.32. The Morgan fingerprint density at radius 2 is 1.70 bits per heavy atom.